The van der Waals surface area contributed by atoms with Crippen LogP contribution in [0.2, 0.25) is 0 Å². The highest BCUT2D eigenvalue weighted by molar-refractivity contribution is 7.99. The summed E-state index contributed by atoms with van der Waals surface area (Å²) in [6.07, 6.45) is 0. The van der Waals surface area contributed by atoms with Crippen LogP contribution in [0.3, 0.4) is 0 Å². The molecule has 2 aromatic rings. The second kappa shape index (κ2) is 7.58. The fraction of sp³-hybridized carbons (Fsp3) is 0.308. The van der Waals surface area contributed by atoms with Gasteiger partial charge >= 0.3 is 5.97 Å². The molecule has 2 N–H and O–H groups in total. The maximum absolute atomic E-state index is 11.8. The number of carbonyl (C=O) groups excluding carboxylic acids is 1. The van der Waals surface area contributed by atoms with E-state index in [1.807, 2.05) is 17.5 Å². The van der Waals surface area contributed by atoms with E-state index < -0.39 is 5.97 Å². The lowest BCUT2D eigenvalue weighted by molar-refractivity contribution is -0.119. The van der Waals surface area contributed by atoms with Gasteiger partial charge in [0.15, 0.2) is 5.69 Å². The van der Waals surface area contributed by atoms with Crippen LogP contribution in [0.1, 0.15) is 33.3 Å². The molecule has 2 aromatic heterocycles. The Hall–Kier alpha value is -1.38. The molecule has 0 spiro atoms. The summed E-state index contributed by atoms with van der Waals surface area (Å²) >= 11 is 4.47. The number of thiophene rings is 1. The molecule has 112 valence electrons. The predicted molar refractivity (Wildman–Crippen MR) is 86.1 cm³/mol. The van der Waals surface area contributed by atoms with E-state index in [1.165, 1.54) is 21.6 Å². The van der Waals surface area contributed by atoms with Crippen molar-refractivity contribution >= 4 is 46.3 Å². The van der Waals surface area contributed by atoms with E-state index in [1.54, 1.807) is 30.0 Å². The topological polar surface area (TPSA) is 79.3 Å². The molecule has 0 radical (unpaired) electrons. The first kappa shape index (κ1) is 16.0. The standard InChI is InChI=1S/C13H14N2O3S3/c1-8(12-15-10(6-21-12)13(17)18)14-11(16)7-19-5-9-3-2-4-20-9/h2-4,6,8H,5,7H2,1H3,(H,14,16)(H,17,18). The number of carbonyl (C=O) groups is 2. The number of thioether (sulfide) groups is 1. The molecule has 1 atom stereocenters. The average molecular weight is 342 g/mol. The van der Waals surface area contributed by atoms with Crippen LogP contribution in [0.15, 0.2) is 22.9 Å². The van der Waals surface area contributed by atoms with E-state index in [2.05, 4.69) is 10.3 Å². The van der Waals surface area contributed by atoms with Crippen LogP contribution in [-0.2, 0) is 10.5 Å². The molecule has 21 heavy (non-hydrogen) atoms. The Labute approximate surface area is 134 Å². The van der Waals surface area contributed by atoms with Gasteiger partial charge in [-0.05, 0) is 18.4 Å². The summed E-state index contributed by atoms with van der Waals surface area (Å²) in [5.41, 5.74) is 0.0168. The highest BCUT2D eigenvalue weighted by Gasteiger charge is 2.15. The predicted octanol–water partition coefficient (Wildman–Crippen LogP) is 3.01. The molecule has 0 aliphatic heterocycles. The van der Waals surface area contributed by atoms with Gasteiger partial charge < -0.3 is 10.4 Å². The summed E-state index contributed by atoms with van der Waals surface area (Å²) in [6.45, 7) is 1.80. The zero-order valence-corrected chi connectivity index (χ0v) is 13.7. The first-order valence-electron chi connectivity index (χ1n) is 6.14. The van der Waals surface area contributed by atoms with Gasteiger partial charge in [-0.3, -0.25) is 4.79 Å². The molecule has 0 saturated heterocycles. The third-order valence-corrected chi connectivity index (χ3v) is 5.61. The lowest BCUT2D eigenvalue weighted by atomic mass is 10.3. The fourth-order valence-electron chi connectivity index (χ4n) is 1.57. The van der Waals surface area contributed by atoms with Crippen molar-refractivity contribution in [3.63, 3.8) is 0 Å². The molecule has 0 aliphatic carbocycles. The van der Waals surface area contributed by atoms with Crippen molar-refractivity contribution in [2.45, 2.75) is 18.7 Å². The van der Waals surface area contributed by atoms with Crippen LogP contribution in [0.4, 0.5) is 0 Å². The van der Waals surface area contributed by atoms with Crippen molar-refractivity contribution in [2.75, 3.05) is 5.75 Å². The smallest absolute Gasteiger partial charge is 0.355 e. The number of thiazole rings is 1. The van der Waals surface area contributed by atoms with Crippen molar-refractivity contribution < 1.29 is 14.7 Å². The van der Waals surface area contributed by atoms with E-state index in [-0.39, 0.29) is 17.6 Å². The summed E-state index contributed by atoms with van der Waals surface area (Å²) in [7, 11) is 0. The molecule has 2 heterocycles. The molecule has 8 heteroatoms. The van der Waals surface area contributed by atoms with Gasteiger partial charge in [0.25, 0.3) is 0 Å². The summed E-state index contributed by atoms with van der Waals surface area (Å²) in [6, 6.07) is 3.75. The number of carboxylic acids is 1. The second-order valence-electron chi connectivity index (χ2n) is 4.24. The van der Waals surface area contributed by atoms with Gasteiger partial charge in [-0.15, -0.1) is 34.4 Å². The van der Waals surface area contributed by atoms with Gasteiger partial charge in [-0.2, -0.15) is 0 Å². The quantitative estimate of drug-likeness (QED) is 0.808. The van der Waals surface area contributed by atoms with Gasteiger partial charge in [0.05, 0.1) is 11.8 Å². The van der Waals surface area contributed by atoms with Gasteiger partial charge in [0.1, 0.15) is 5.01 Å². The number of carboxylic acid groups (broad SMARTS) is 1. The van der Waals surface area contributed by atoms with Crippen LogP contribution in [0.25, 0.3) is 0 Å². The Balaban J connectivity index is 1.77. The molecule has 0 saturated carbocycles. The lowest BCUT2D eigenvalue weighted by Gasteiger charge is -2.10. The maximum Gasteiger partial charge on any atom is 0.355 e. The fourth-order valence-corrected chi connectivity index (χ4v) is 4.05. The van der Waals surface area contributed by atoms with Crippen LogP contribution >= 0.6 is 34.4 Å². The van der Waals surface area contributed by atoms with Crippen molar-refractivity contribution in [1.29, 1.82) is 0 Å². The Kier molecular flexibility index (Phi) is 5.77. The number of aromatic nitrogens is 1. The zero-order chi connectivity index (χ0) is 15.2. The largest absolute Gasteiger partial charge is 0.476 e. The molecule has 0 fully saturated rings. The molecule has 0 aromatic carbocycles. The molecular formula is C13H14N2O3S3. The third kappa shape index (κ3) is 4.83. The minimum absolute atomic E-state index is 0.0168. The Morgan fingerprint density at radius 3 is 2.90 bits per heavy atom. The Morgan fingerprint density at radius 2 is 2.29 bits per heavy atom. The monoisotopic (exact) mass is 342 g/mol. The van der Waals surface area contributed by atoms with E-state index >= 15 is 0 Å². The molecular weight excluding hydrogens is 328 g/mol. The summed E-state index contributed by atoms with van der Waals surface area (Å²) < 4.78 is 0. The molecule has 1 unspecified atom stereocenters. The molecule has 0 bridgehead atoms. The number of amides is 1. The second-order valence-corrected chi connectivity index (χ2v) is 7.15. The van der Waals surface area contributed by atoms with Gasteiger partial charge in [0, 0.05) is 16.0 Å². The lowest BCUT2D eigenvalue weighted by Crippen LogP contribution is -2.28. The average Bonchev–Trinajstić information content (AvgIpc) is 3.09. The van der Waals surface area contributed by atoms with Crippen LogP contribution < -0.4 is 5.32 Å². The molecule has 5 nitrogen and oxygen atoms in total. The van der Waals surface area contributed by atoms with Crippen molar-refractivity contribution in [1.82, 2.24) is 10.3 Å². The summed E-state index contributed by atoms with van der Waals surface area (Å²) in [4.78, 5) is 27.8. The van der Waals surface area contributed by atoms with Gasteiger partial charge in [0.2, 0.25) is 5.91 Å². The first-order valence-corrected chi connectivity index (χ1v) is 9.06. The van der Waals surface area contributed by atoms with Gasteiger partial charge in [-0.25, -0.2) is 9.78 Å². The Bertz CT molecular complexity index is 610. The highest BCUT2D eigenvalue weighted by Crippen LogP contribution is 2.19. The molecule has 0 aliphatic rings. The third-order valence-electron chi connectivity index (χ3n) is 2.55. The number of nitrogens with zero attached hydrogens (tertiary/aromatic N) is 1. The highest BCUT2D eigenvalue weighted by atomic mass is 32.2. The summed E-state index contributed by atoms with van der Waals surface area (Å²) in [5, 5.41) is 15.7. The Morgan fingerprint density at radius 1 is 1.48 bits per heavy atom. The summed E-state index contributed by atoms with van der Waals surface area (Å²) in [5.74, 6) is 0.0675. The van der Waals surface area contributed by atoms with Crippen molar-refractivity contribution in [2.24, 2.45) is 0 Å². The number of hydrogen-bond donors (Lipinski definition) is 2. The van der Waals surface area contributed by atoms with Crippen molar-refractivity contribution in [3.8, 4) is 0 Å². The van der Waals surface area contributed by atoms with Crippen LogP contribution in [-0.4, -0.2) is 27.7 Å². The van der Waals surface area contributed by atoms with Gasteiger partial charge in [-0.1, -0.05) is 6.07 Å². The number of nitrogens with one attached hydrogen (secondary N) is 1. The van der Waals surface area contributed by atoms with E-state index in [4.69, 9.17) is 5.11 Å². The number of aromatic carboxylic acids is 1. The number of hydrogen-bond acceptors (Lipinski definition) is 6. The molecule has 2 rings (SSSR count). The molecule has 1 amide bonds. The van der Waals surface area contributed by atoms with Crippen LogP contribution in [0, 0.1) is 0 Å². The van der Waals surface area contributed by atoms with Crippen molar-refractivity contribution in [3.05, 3.63) is 38.5 Å². The minimum Gasteiger partial charge on any atom is -0.476 e. The maximum atomic E-state index is 11.8. The van der Waals surface area contributed by atoms with E-state index in [9.17, 15) is 9.59 Å². The number of rotatable bonds is 7. The SMILES string of the molecule is CC(NC(=O)CSCc1cccs1)c1nc(C(=O)O)cs1. The normalized spacial score (nSPS) is 12.0. The van der Waals surface area contributed by atoms with Crippen LogP contribution in [0.5, 0.6) is 0 Å². The van der Waals surface area contributed by atoms with E-state index in [0.717, 1.165) is 5.75 Å². The van der Waals surface area contributed by atoms with E-state index in [0.29, 0.717) is 10.8 Å². The minimum atomic E-state index is -1.05. The first-order chi connectivity index (χ1) is 10.1. The zero-order valence-electron chi connectivity index (χ0n) is 11.2.